The summed E-state index contributed by atoms with van der Waals surface area (Å²) in [4.78, 5) is 14.6. The largest absolute Gasteiger partial charge is 0.309 e. The monoisotopic (exact) mass is 621 g/mol. The van der Waals surface area contributed by atoms with E-state index in [2.05, 4.69) is 133 Å². The molecule has 0 amide bonds. The number of para-hydroxylation sites is 1. The number of aromatic nitrogens is 5. The van der Waals surface area contributed by atoms with E-state index in [1.165, 1.54) is 50.1 Å². The first-order valence-corrected chi connectivity index (χ1v) is 16.6. The molecule has 9 aromatic rings. The molecular formula is C41H27N5S. The van der Waals surface area contributed by atoms with Crippen molar-refractivity contribution in [2.75, 3.05) is 0 Å². The minimum absolute atomic E-state index is 0.0754. The van der Waals surface area contributed by atoms with Crippen LogP contribution in [0.5, 0.6) is 0 Å². The lowest BCUT2D eigenvalue weighted by molar-refractivity contribution is 0.660. The zero-order valence-electron chi connectivity index (χ0n) is 25.8. The van der Waals surface area contributed by atoms with Crippen molar-refractivity contribution in [3.05, 3.63) is 139 Å². The molecule has 0 N–H and O–H groups in total. The van der Waals surface area contributed by atoms with Gasteiger partial charge in [0.25, 0.3) is 0 Å². The summed E-state index contributed by atoms with van der Waals surface area (Å²) in [5.41, 5.74) is 12.4. The summed E-state index contributed by atoms with van der Waals surface area (Å²) in [5, 5.41) is 5.43. The molecule has 0 bridgehead atoms. The first kappa shape index (κ1) is 26.5. The molecule has 1 aliphatic rings. The number of hydrogen-bond acceptors (Lipinski definition) is 5. The van der Waals surface area contributed by atoms with E-state index >= 15 is 0 Å². The van der Waals surface area contributed by atoms with Gasteiger partial charge >= 0.3 is 0 Å². The molecule has 0 aliphatic heterocycles. The third kappa shape index (κ3) is 3.82. The van der Waals surface area contributed by atoms with Crippen molar-refractivity contribution >= 4 is 55.1 Å². The lowest BCUT2D eigenvalue weighted by Gasteiger charge is -2.22. The molecule has 0 fully saturated rings. The van der Waals surface area contributed by atoms with Gasteiger partial charge in [0.1, 0.15) is 10.7 Å². The fraction of sp³-hybridized carbons (Fsp3) is 0.0732. The molecule has 0 atom stereocenters. The summed E-state index contributed by atoms with van der Waals surface area (Å²) < 4.78 is 7.17. The Morgan fingerprint density at radius 3 is 2.34 bits per heavy atom. The van der Waals surface area contributed by atoms with Crippen LogP contribution in [0.1, 0.15) is 25.0 Å². The van der Waals surface area contributed by atoms with Gasteiger partial charge in [-0.15, -0.1) is 0 Å². The van der Waals surface area contributed by atoms with Crippen LogP contribution in [0, 0.1) is 0 Å². The zero-order valence-corrected chi connectivity index (χ0v) is 26.6. The van der Waals surface area contributed by atoms with E-state index in [9.17, 15) is 0 Å². The molecule has 0 saturated carbocycles. The Bertz CT molecular complexity index is 2730. The highest BCUT2D eigenvalue weighted by Gasteiger charge is 2.35. The maximum atomic E-state index is 5.01. The summed E-state index contributed by atoms with van der Waals surface area (Å²) >= 11 is 1.41. The van der Waals surface area contributed by atoms with Crippen molar-refractivity contribution in [1.82, 2.24) is 23.9 Å². The minimum Gasteiger partial charge on any atom is -0.309 e. The van der Waals surface area contributed by atoms with Crippen molar-refractivity contribution in [2.45, 2.75) is 19.3 Å². The predicted octanol–water partition coefficient (Wildman–Crippen LogP) is 10.4. The van der Waals surface area contributed by atoms with E-state index in [-0.39, 0.29) is 5.41 Å². The molecule has 47 heavy (non-hydrogen) atoms. The Balaban J connectivity index is 1.11. The quantitative estimate of drug-likeness (QED) is 0.184. The number of rotatable bonds is 3. The van der Waals surface area contributed by atoms with Crippen LogP contribution in [-0.4, -0.2) is 23.9 Å². The minimum atomic E-state index is -0.0754. The Kier molecular flexibility index (Phi) is 5.44. The predicted molar refractivity (Wildman–Crippen MR) is 193 cm³/mol. The molecule has 0 unspecified atom stereocenters. The molecule has 10 rings (SSSR count). The average Bonchev–Trinajstić information content (AvgIpc) is 3.80. The number of fused-ring (bicyclic) bond motifs is 9. The van der Waals surface area contributed by atoms with Crippen LogP contribution in [0.4, 0.5) is 0 Å². The summed E-state index contributed by atoms with van der Waals surface area (Å²) in [6.45, 7) is 4.67. The van der Waals surface area contributed by atoms with Gasteiger partial charge in [-0.3, -0.25) is 4.98 Å². The Labute approximate surface area is 275 Å². The average molecular weight is 622 g/mol. The second-order valence-electron chi connectivity index (χ2n) is 12.8. The Morgan fingerprint density at radius 1 is 0.617 bits per heavy atom. The van der Waals surface area contributed by atoms with Crippen LogP contribution in [0.15, 0.2) is 128 Å². The summed E-state index contributed by atoms with van der Waals surface area (Å²) in [5.74, 6) is 0.626. The van der Waals surface area contributed by atoms with Gasteiger partial charge in [-0.05, 0) is 70.2 Å². The highest BCUT2D eigenvalue weighted by molar-refractivity contribution is 7.09. The third-order valence-corrected chi connectivity index (χ3v) is 10.6. The van der Waals surface area contributed by atoms with E-state index in [4.69, 9.17) is 14.3 Å². The highest BCUT2D eigenvalue weighted by atomic mass is 32.1. The second kappa shape index (κ2) is 9.64. The standard InChI is InChI=1S/C41H27N5S/c1-41(2)32-11-5-3-9-28(32)29-19-17-27(23-33(29)41)46-35-12-6-4-10-30(35)31-18-15-26(22-36(31)46)40-44-39(45-47-40)34-20-16-25-14-13-24-8-7-21-42-37(24)38(25)43-34/h3-23H,1-2H3. The van der Waals surface area contributed by atoms with Crippen LogP contribution in [-0.2, 0) is 5.41 Å². The van der Waals surface area contributed by atoms with E-state index in [0.29, 0.717) is 5.82 Å². The lowest BCUT2D eigenvalue weighted by atomic mass is 9.82. The molecule has 222 valence electrons. The lowest BCUT2D eigenvalue weighted by Crippen LogP contribution is -2.15. The summed E-state index contributed by atoms with van der Waals surface area (Å²) in [6, 6.07) is 43.4. The van der Waals surface area contributed by atoms with Crippen molar-refractivity contribution < 1.29 is 0 Å². The van der Waals surface area contributed by atoms with Crippen LogP contribution in [0.2, 0.25) is 0 Å². The van der Waals surface area contributed by atoms with Gasteiger partial charge in [-0.2, -0.15) is 4.37 Å². The molecule has 0 spiro atoms. The maximum Gasteiger partial charge on any atom is 0.192 e. The summed E-state index contributed by atoms with van der Waals surface area (Å²) in [6.07, 6.45) is 1.81. The first-order chi connectivity index (χ1) is 23.0. The number of nitrogens with zero attached hydrogens (tertiary/aromatic N) is 5. The number of benzene rings is 5. The van der Waals surface area contributed by atoms with Crippen LogP contribution in [0.25, 0.3) is 82.5 Å². The number of hydrogen-bond donors (Lipinski definition) is 0. The maximum absolute atomic E-state index is 5.01. The van der Waals surface area contributed by atoms with E-state index < -0.39 is 0 Å². The number of pyridine rings is 2. The van der Waals surface area contributed by atoms with Crippen LogP contribution in [0.3, 0.4) is 0 Å². The van der Waals surface area contributed by atoms with Gasteiger partial charge in [-0.1, -0.05) is 98.8 Å². The molecule has 4 heterocycles. The van der Waals surface area contributed by atoms with Gasteiger partial charge in [0.05, 0.1) is 22.1 Å². The molecule has 5 nitrogen and oxygen atoms in total. The second-order valence-corrected chi connectivity index (χ2v) is 13.6. The van der Waals surface area contributed by atoms with E-state index in [1.54, 1.807) is 0 Å². The van der Waals surface area contributed by atoms with Crippen LogP contribution < -0.4 is 0 Å². The van der Waals surface area contributed by atoms with Crippen molar-refractivity contribution in [2.24, 2.45) is 0 Å². The zero-order chi connectivity index (χ0) is 31.3. The molecule has 6 heteroatoms. The molecule has 5 aromatic carbocycles. The summed E-state index contributed by atoms with van der Waals surface area (Å²) in [7, 11) is 0. The van der Waals surface area contributed by atoms with Gasteiger partial charge in [-0.25, -0.2) is 9.97 Å². The molecule has 0 saturated heterocycles. The smallest absolute Gasteiger partial charge is 0.192 e. The topological polar surface area (TPSA) is 56.5 Å². The van der Waals surface area contributed by atoms with Crippen LogP contribution >= 0.6 is 11.5 Å². The van der Waals surface area contributed by atoms with E-state index in [0.717, 1.165) is 49.3 Å². The first-order valence-electron chi connectivity index (χ1n) is 15.8. The molecule has 0 radical (unpaired) electrons. The van der Waals surface area contributed by atoms with Gasteiger partial charge in [0.15, 0.2) is 5.82 Å². The SMILES string of the molecule is CC1(C)c2ccccc2-c2ccc(-n3c4ccccc4c4ccc(-c5nc(-c6ccc7ccc8cccnc8c7n6)ns5)cc43)cc21. The fourth-order valence-corrected chi connectivity index (χ4v) is 8.17. The Hall–Kier alpha value is -5.72. The van der Waals surface area contributed by atoms with Crippen molar-refractivity contribution in [3.63, 3.8) is 0 Å². The Morgan fingerprint density at radius 2 is 1.40 bits per heavy atom. The third-order valence-electron chi connectivity index (χ3n) is 9.83. The highest BCUT2D eigenvalue weighted by Crippen LogP contribution is 2.49. The molecule has 1 aliphatic carbocycles. The van der Waals surface area contributed by atoms with Gasteiger partial charge in [0.2, 0.25) is 0 Å². The van der Waals surface area contributed by atoms with Gasteiger partial charge in [0, 0.05) is 44.4 Å². The normalized spacial score (nSPS) is 13.5. The van der Waals surface area contributed by atoms with Gasteiger partial charge < -0.3 is 4.57 Å². The van der Waals surface area contributed by atoms with Crippen molar-refractivity contribution in [1.29, 1.82) is 0 Å². The van der Waals surface area contributed by atoms with E-state index in [1.807, 2.05) is 18.3 Å². The molecule has 4 aromatic heterocycles. The van der Waals surface area contributed by atoms with Crippen molar-refractivity contribution in [3.8, 4) is 38.9 Å². The fourth-order valence-electron chi connectivity index (χ4n) is 7.51. The molecular weight excluding hydrogens is 595 g/mol.